The molecule has 0 radical (unpaired) electrons. The van der Waals surface area contributed by atoms with Crippen molar-refractivity contribution in [2.45, 2.75) is 126 Å². The molecule has 222 valence electrons. The molecular weight excluding hydrogens is 500 g/mol. The monoisotopic (exact) mass is 552 g/mol. The van der Waals surface area contributed by atoms with Gasteiger partial charge in [0, 0.05) is 12.3 Å². The predicted molar refractivity (Wildman–Crippen MR) is 161 cm³/mol. The molecule has 6 atom stereocenters. The lowest BCUT2D eigenvalue weighted by Gasteiger charge is -2.64. The maximum Gasteiger partial charge on any atom is 0.201 e. The number of rotatable bonds is 11. The Morgan fingerprint density at radius 3 is 1.90 bits per heavy atom. The molecule has 1 N–H and O–H groups in total. The van der Waals surface area contributed by atoms with Crippen LogP contribution < -0.4 is 0 Å². The first-order valence-electron chi connectivity index (χ1n) is 15.0. The quantitative estimate of drug-likeness (QED) is 0.210. The molecule has 2 saturated heterocycles. The Bertz CT molecular complexity index is 1180. The average molecular weight is 553 g/mol. The fourth-order valence-electron chi connectivity index (χ4n) is 7.84. The molecule has 3 fully saturated rings. The molecule has 5 nitrogen and oxygen atoms in total. The lowest BCUT2D eigenvalue weighted by atomic mass is 9.35. The molecule has 0 amide bonds. The van der Waals surface area contributed by atoms with Gasteiger partial charge in [-0.1, -0.05) is 67.4 Å². The number of aliphatic hydroxyl groups is 1. The molecule has 0 aromatic heterocycles. The largest absolute Gasteiger partial charge is 0.363 e. The zero-order chi connectivity index (χ0) is 30.5. The Morgan fingerprint density at radius 1 is 0.875 bits per heavy atom. The number of fused-ring (bicyclic) bond motifs is 1. The number of allylic oxidation sites excluding steroid dienone is 7. The van der Waals surface area contributed by atoms with Crippen molar-refractivity contribution in [3.05, 3.63) is 46.6 Å². The van der Waals surface area contributed by atoms with Gasteiger partial charge in [-0.15, -0.1) is 0 Å². The smallest absolute Gasteiger partial charge is 0.201 e. The molecule has 1 saturated carbocycles. The van der Waals surface area contributed by atoms with E-state index in [1.54, 1.807) is 13.8 Å². The minimum atomic E-state index is -2.22. The maximum atomic E-state index is 15.1. The van der Waals surface area contributed by atoms with Gasteiger partial charge in [-0.3, -0.25) is 14.4 Å². The van der Waals surface area contributed by atoms with Crippen molar-refractivity contribution >= 4 is 17.3 Å². The van der Waals surface area contributed by atoms with Gasteiger partial charge in [0.25, 0.3) is 0 Å². The van der Waals surface area contributed by atoms with Crippen LogP contribution in [0.25, 0.3) is 0 Å². The van der Waals surface area contributed by atoms with Crippen LogP contribution in [-0.2, 0) is 19.1 Å². The van der Waals surface area contributed by atoms with Gasteiger partial charge >= 0.3 is 0 Å². The molecular formula is C35H52O5. The van der Waals surface area contributed by atoms with Gasteiger partial charge in [0.05, 0.1) is 5.41 Å². The van der Waals surface area contributed by atoms with Crippen LogP contribution in [0.1, 0.15) is 115 Å². The summed E-state index contributed by atoms with van der Waals surface area (Å²) in [5, 5.41) is 13.0. The van der Waals surface area contributed by atoms with Gasteiger partial charge in [0.1, 0.15) is 0 Å². The topological polar surface area (TPSA) is 80.7 Å². The first-order valence-corrected chi connectivity index (χ1v) is 15.0. The molecule has 5 heteroatoms. The number of Topliss-reactive ketones (excluding diaryl/α,β-unsaturated/α-hetero) is 3. The van der Waals surface area contributed by atoms with Crippen molar-refractivity contribution in [2.75, 3.05) is 0 Å². The van der Waals surface area contributed by atoms with Gasteiger partial charge in [-0.25, -0.2) is 0 Å². The van der Waals surface area contributed by atoms with Crippen LogP contribution in [0.2, 0.25) is 0 Å². The molecule has 0 aromatic rings. The van der Waals surface area contributed by atoms with Crippen LogP contribution in [0.3, 0.4) is 0 Å². The third kappa shape index (κ3) is 4.38. The summed E-state index contributed by atoms with van der Waals surface area (Å²) in [5.41, 5.74) is -1.80. The van der Waals surface area contributed by atoms with E-state index < -0.39 is 39.3 Å². The van der Waals surface area contributed by atoms with Gasteiger partial charge in [0.2, 0.25) is 5.79 Å². The fraction of sp³-hybridized carbons (Fsp3) is 0.686. The number of ketones is 3. The van der Waals surface area contributed by atoms with Crippen LogP contribution in [0, 0.1) is 28.1 Å². The number of hydrogen-bond acceptors (Lipinski definition) is 5. The number of hydrogen-bond donors (Lipinski definition) is 1. The Balaban J connectivity index is 2.48. The maximum absolute atomic E-state index is 15.1. The van der Waals surface area contributed by atoms with Crippen molar-refractivity contribution in [2.24, 2.45) is 28.1 Å². The highest BCUT2D eigenvalue weighted by atomic mass is 16.7. The minimum Gasteiger partial charge on any atom is -0.363 e. The lowest BCUT2D eigenvalue weighted by Crippen LogP contribution is -2.78. The standard InChI is InChI=1S/C35H52O5/c1-22(2)13-12-18-31(11)27(15-14-23(3)4)21-32(19-16-24(5)6)29(37)33(20-17-25(7)8)30(38)34(31,28(36)26(9)10)35(32,39)40-33/h13-14,16-17,26-27,39H,12,15,18-21H2,1-11H3/t27-,31+,32+,33+,34-,35-/m0/s1. The summed E-state index contributed by atoms with van der Waals surface area (Å²) >= 11 is 0. The third-order valence-corrected chi connectivity index (χ3v) is 9.92. The number of ether oxygens (including phenoxy) is 1. The van der Waals surface area contributed by atoms with E-state index in [1.807, 2.05) is 74.5 Å². The molecule has 0 spiro atoms. The van der Waals surface area contributed by atoms with Crippen LogP contribution in [0.5, 0.6) is 0 Å². The Hall–Kier alpha value is -2.11. The van der Waals surface area contributed by atoms with Crippen molar-refractivity contribution < 1.29 is 24.2 Å². The zero-order valence-corrected chi connectivity index (χ0v) is 26.8. The number of carbonyl (C=O) groups is 3. The molecule has 0 aromatic carbocycles. The summed E-state index contributed by atoms with van der Waals surface area (Å²) in [7, 11) is 0. The van der Waals surface area contributed by atoms with Gasteiger partial charge < -0.3 is 9.84 Å². The molecule has 0 unspecified atom stereocenters. The van der Waals surface area contributed by atoms with Crippen LogP contribution in [0.4, 0.5) is 0 Å². The second-order valence-corrected chi connectivity index (χ2v) is 14.2. The summed E-state index contributed by atoms with van der Waals surface area (Å²) in [5.74, 6) is -4.13. The highest BCUT2D eigenvalue weighted by Crippen LogP contribution is 2.78. The second kappa shape index (κ2) is 10.9. The third-order valence-electron chi connectivity index (χ3n) is 9.92. The van der Waals surface area contributed by atoms with E-state index in [0.717, 1.165) is 22.3 Å². The van der Waals surface area contributed by atoms with E-state index in [0.29, 0.717) is 25.7 Å². The zero-order valence-electron chi connectivity index (χ0n) is 26.8. The minimum absolute atomic E-state index is 0.0295. The van der Waals surface area contributed by atoms with Gasteiger partial charge in [0.15, 0.2) is 28.4 Å². The highest BCUT2D eigenvalue weighted by molar-refractivity contribution is 6.28. The molecule has 2 bridgehead atoms. The van der Waals surface area contributed by atoms with Crippen molar-refractivity contribution in [1.29, 1.82) is 0 Å². The fourth-order valence-corrected chi connectivity index (χ4v) is 7.84. The lowest BCUT2D eigenvalue weighted by molar-refractivity contribution is -0.317. The SMILES string of the molecule is CC(C)=CCC[C@]1(C)[C@@H](CC=C(C)C)C[C@]2(CC=C(C)C)C(=O)[C@@]3(CC=C(C)C)O[C@]2(O)[C@@]1(C(=O)C(C)C)C3=O. The second-order valence-electron chi connectivity index (χ2n) is 14.2. The molecule has 40 heavy (non-hydrogen) atoms. The molecule has 2 aliphatic heterocycles. The number of carbonyl (C=O) groups excluding carboxylic acids is 3. The van der Waals surface area contributed by atoms with Crippen molar-refractivity contribution in [3.8, 4) is 0 Å². The Morgan fingerprint density at radius 2 is 1.40 bits per heavy atom. The first-order chi connectivity index (χ1) is 18.4. The predicted octanol–water partition coefficient (Wildman–Crippen LogP) is 7.64. The van der Waals surface area contributed by atoms with E-state index in [-0.39, 0.29) is 30.3 Å². The van der Waals surface area contributed by atoms with Crippen molar-refractivity contribution in [3.63, 3.8) is 0 Å². The van der Waals surface area contributed by atoms with E-state index in [1.165, 1.54) is 0 Å². The Kier molecular flexibility index (Phi) is 8.87. The van der Waals surface area contributed by atoms with Gasteiger partial charge in [-0.2, -0.15) is 0 Å². The molecule has 1 aliphatic carbocycles. The van der Waals surface area contributed by atoms with Gasteiger partial charge in [-0.05, 0) is 98.8 Å². The first kappa shape index (κ1) is 32.4. The van der Waals surface area contributed by atoms with Crippen molar-refractivity contribution in [1.82, 2.24) is 0 Å². The average Bonchev–Trinajstić information content (AvgIpc) is 3.17. The van der Waals surface area contributed by atoms with Crippen LogP contribution >= 0.6 is 0 Å². The summed E-state index contributed by atoms with van der Waals surface area (Å²) < 4.78 is 6.53. The Labute approximate surface area is 242 Å². The summed E-state index contributed by atoms with van der Waals surface area (Å²) in [6.45, 7) is 21.5. The summed E-state index contributed by atoms with van der Waals surface area (Å²) in [6.07, 6.45) is 10.5. The molecule has 3 rings (SSSR count). The summed E-state index contributed by atoms with van der Waals surface area (Å²) in [6, 6.07) is 0. The van der Waals surface area contributed by atoms with Crippen LogP contribution in [-0.4, -0.2) is 33.8 Å². The van der Waals surface area contributed by atoms with E-state index in [9.17, 15) is 14.7 Å². The van der Waals surface area contributed by atoms with E-state index >= 15 is 4.79 Å². The molecule has 3 aliphatic rings. The van der Waals surface area contributed by atoms with Crippen LogP contribution in [0.15, 0.2) is 46.6 Å². The normalized spacial score (nSPS) is 36.0. The van der Waals surface area contributed by atoms with E-state index in [2.05, 4.69) is 12.2 Å². The molecule has 2 heterocycles. The highest BCUT2D eigenvalue weighted by Gasteiger charge is 2.94. The summed E-state index contributed by atoms with van der Waals surface area (Å²) in [4.78, 5) is 44.5. The van der Waals surface area contributed by atoms with E-state index in [4.69, 9.17) is 4.74 Å².